The van der Waals surface area contributed by atoms with Gasteiger partial charge in [0.15, 0.2) is 11.6 Å². The Hall–Kier alpha value is -1.56. The van der Waals surface area contributed by atoms with Crippen LogP contribution in [0.25, 0.3) is 0 Å². The van der Waals surface area contributed by atoms with Crippen molar-refractivity contribution >= 4 is 21.8 Å². The summed E-state index contributed by atoms with van der Waals surface area (Å²) in [4.78, 5) is 12.1. The van der Waals surface area contributed by atoms with E-state index in [9.17, 15) is 13.6 Å². The Labute approximate surface area is 111 Å². The molecule has 1 heterocycles. The SMILES string of the molecule is Cc1cc(C)n(C(=O)c2cc(F)c(F)cc2Br)n1. The lowest BCUT2D eigenvalue weighted by Crippen LogP contribution is -2.16. The summed E-state index contributed by atoms with van der Waals surface area (Å²) in [6, 6.07) is 3.51. The molecule has 2 aromatic rings. The van der Waals surface area contributed by atoms with E-state index in [1.807, 2.05) is 0 Å². The summed E-state index contributed by atoms with van der Waals surface area (Å²) in [7, 11) is 0. The van der Waals surface area contributed by atoms with Crippen molar-refractivity contribution in [3.05, 3.63) is 51.3 Å². The molecule has 0 radical (unpaired) electrons. The maximum Gasteiger partial charge on any atom is 0.279 e. The number of hydrogen-bond donors (Lipinski definition) is 0. The zero-order valence-corrected chi connectivity index (χ0v) is 11.3. The molecule has 0 spiro atoms. The summed E-state index contributed by atoms with van der Waals surface area (Å²) in [5.41, 5.74) is 1.34. The first-order valence-electron chi connectivity index (χ1n) is 5.12. The summed E-state index contributed by atoms with van der Waals surface area (Å²) >= 11 is 3.04. The Morgan fingerprint density at radius 1 is 1.22 bits per heavy atom. The molecule has 0 aliphatic heterocycles. The van der Waals surface area contributed by atoms with Crippen LogP contribution in [0.3, 0.4) is 0 Å². The Bertz CT molecular complexity index is 637. The number of aryl methyl sites for hydroxylation is 2. The van der Waals surface area contributed by atoms with E-state index in [1.54, 1.807) is 19.9 Å². The molecule has 0 amide bonds. The Morgan fingerprint density at radius 3 is 2.39 bits per heavy atom. The van der Waals surface area contributed by atoms with Gasteiger partial charge in [0.05, 0.1) is 11.3 Å². The average molecular weight is 315 g/mol. The van der Waals surface area contributed by atoms with Crippen molar-refractivity contribution < 1.29 is 13.6 Å². The molecule has 94 valence electrons. The van der Waals surface area contributed by atoms with E-state index >= 15 is 0 Å². The molecule has 0 saturated carbocycles. The summed E-state index contributed by atoms with van der Waals surface area (Å²) in [6.07, 6.45) is 0. The monoisotopic (exact) mass is 314 g/mol. The van der Waals surface area contributed by atoms with Crippen molar-refractivity contribution in [1.82, 2.24) is 9.78 Å². The van der Waals surface area contributed by atoms with Crippen LogP contribution in [-0.4, -0.2) is 15.7 Å². The van der Waals surface area contributed by atoms with E-state index in [4.69, 9.17) is 0 Å². The minimum Gasteiger partial charge on any atom is -0.267 e. The molecule has 3 nitrogen and oxygen atoms in total. The molecule has 0 bridgehead atoms. The molecule has 18 heavy (non-hydrogen) atoms. The molecule has 6 heteroatoms. The van der Waals surface area contributed by atoms with E-state index < -0.39 is 17.5 Å². The summed E-state index contributed by atoms with van der Waals surface area (Å²) < 4.78 is 27.5. The number of rotatable bonds is 1. The lowest BCUT2D eigenvalue weighted by atomic mass is 10.2. The average Bonchev–Trinajstić information content (AvgIpc) is 2.62. The van der Waals surface area contributed by atoms with E-state index in [-0.39, 0.29) is 10.0 Å². The fraction of sp³-hybridized carbons (Fsp3) is 0.167. The molecule has 0 unspecified atom stereocenters. The standard InChI is InChI=1S/C12H9BrF2N2O/c1-6-3-7(2)17(16-6)12(18)8-4-10(14)11(15)5-9(8)13/h3-5H,1-2H3. The largest absolute Gasteiger partial charge is 0.279 e. The molecule has 1 aromatic heterocycles. The van der Waals surface area contributed by atoms with Crippen molar-refractivity contribution in [1.29, 1.82) is 0 Å². The second kappa shape index (κ2) is 4.61. The van der Waals surface area contributed by atoms with E-state index in [0.29, 0.717) is 11.4 Å². The van der Waals surface area contributed by atoms with Gasteiger partial charge in [-0.2, -0.15) is 5.10 Å². The van der Waals surface area contributed by atoms with Gasteiger partial charge in [-0.3, -0.25) is 4.79 Å². The second-order valence-electron chi connectivity index (χ2n) is 3.89. The third kappa shape index (κ3) is 2.20. The van der Waals surface area contributed by atoms with Gasteiger partial charge in [0, 0.05) is 10.2 Å². The van der Waals surface area contributed by atoms with Crippen molar-refractivity contribution in [2.75, 3.05) is 0 Å². The maximum absolute atomic E-state index is 13.2. The highest BCUT2D eigenvalue weighted by Gasteiger charge is 2.18. The first-order chi connectivity index (χ1) is 8.40. The van der Waals surface area contributed by atoms with Crippen LogP contribution >= 0.6 is 15.9 Å². The molecular weight excluding hydrogens is 306 g/mol. The van der Waals surface area contributed by atoms with E-state index in [0.717, 1.165) is 16.8 Å². The number of benzene rings is 1. The normalized spacial score (nSPS) is 10.7. The number of aromatic nitrogens is 2. The number of carbonyl (C=O) groups is 1. The van der Waals surface area contributed by atoms with Crippen LogP contribution in [0.15, 0.2) is 22.7 Å². The molecule has 0 fully saturated rings. The van der Waals surface area contributed by atoms with Crippen molar-refractivity contribution in [2.45, 2.75) is 13.8 Å². The van der Waals surface area contributed by atoms with E-state index in [1.165, 1.54) is 0 Å². The second-order valence-corrected chi connectivity index (χ2v) is 4.74. The quantitative estimate of drug-likeness (QED) is 0.757. The third-order valence-electron chi connectivity index (χ3n) is 2.44. The van der Waals surface area contributed by atoms with Gasteiger partial charge < -0.3 is 0 Å². The highest BCUT2D eigenvalue weighted by Crippen LogP contribution is 2.22. The van der Waals surface area contributed by atoms with Crippen molar-refractivity contribution in [3.63, 3.8) is 0 Å². The van der Waals surface area contributed by atoms with Gasteiger partial charge in [0.25, 0.3) is 5.91 Å². The summed E-state index contributed by atoms with van der Waals surface area (Å²) in [5, 5.41) is 4.01. The van der Waals surface area contributed by atoms with Crippen LogP contribution in [0.1, 0.15) is 21.7 Å². The fourth-order valence-electron chi connectivity index (χ4n) is 1.64. The number of carbonyl (C=O) groups excluding carboxylic acids is 1. The summed E-state index contributed by atoms with van der Waals surface area (Å²) in [5.74, 6) is -2.58. The lowest BCUT2D eigenvalue weighted by Gasteiger charge is -2.06. The molecule has 0 aliphatic rings. The highest BCUT2D eigenvalue weighted by atomic mass is 79.9. The highest BCUT2D eigenvalue weighted by molar-refractivity contribution is 9.10. The molecule has 0 saturated heterocycles. The van der Waals surface area contributed by atoms with Gasteiger partial charge in [-0.25, -0.2) is 13.5 Å². The predicted molar refractivity (Wildman–Crippen MR) is 65.5 cm³/mol. The molecular formula is C12H9BrF2N2O. The zero-order valence-electron chi connectivity index (χ0n) is 9.67. The van der Waals surface area contributed by atoms with Gasteiger partial charge in [-0.05, 0) is 48.0 Å². The molecule has 0 atom stereocenters. The maximum atomic E-state index is 13.2. The summed E-state index contributed by atoms with van der Waals surface area (Å²) in [6.45, 7) is 3.46. The van der Waals surface area contributed by atoms with Crippen LogP contribution < -0.4 is 0 Å². The number of halogens is 3. The van der Waals surface area contributed by atoms with Gasteiger partial charge in [0.1, 0.15) is 0 Å². The van der Waals surface area contributed by atoms with Crippen LogP contribution in [0.2, 0.25) is 0 Å². The van der Waals surface area contributed by atoms with Gasteiger partial charge in [-0.15, -0.1) is 0 Å². The third-order valence-corrected chi connectivity index (χ3v) is 3.10. The molecule has 0 aliphatic carbocycles. The van der Waals surface area contributed by atoms with Gasteiger partial charge in [-0.1, -0.05) is 0 Å². The van der Waals surface area contributed by atoms with Gasteiger partial charge >= 0.3 is 0 Å². The Balaban J connectivity index is 2.53. The number of nitrogens with zero attached hydrogens (tertiary/aromatic N) is 2. The minimum absolute atomic E-state index is 0.0279. The molecule has 1 aromatic carbocycles. The smallest absolute Gasteiger partial charge is 0.267 e. The van der Waals surface area contributed by atoms with Crippen LogP contribution in [-0.2, 0) is 0 Å². The topological polar surface area (TPSA) is 34.9 Å². The first-order valence-corrected chi connectivity index (χ1v) is 5.92. The van der Waals surface area contributed by atoms with Gasteiger partial charge in [0.2, 0.25) is 0 Å². The first kappa shape index (κ1) is 12.9. The van der Waals surface area contributed by atoms with Crippen LogP contribution in [0, 0.1) is 25.5 Å². The molecule has 2 rings (SSSR count). The molecule has 0 N–H and O–H groups in total. The van der Waals surface area contributed by atoms with Crippen molar-refractivity contribution in [3.8, 4) is 0 Å². The zero-order chi connectivity index (χ0) is 13.4. The fourth-order valence-corrected chi connectivity index (χ4v) is 2.12. The lowest BCUT2D eigenvalue weighted by molar-refractivity contribution is 0.0941. The number of hydrogen-bond acceptors (Lipinski definition) is 2. The Morgan fingerprint density at radius 2 is 1.83 bits per heavy atom. The predicted octanol–water partition coefficient (Wildman–Crippen LogP) is 3.23. The van der Waals surface area contributed by atoms with Crippen LogP contribution in [0.4, 0.5) is 8.78 Å². The van der Waals surface area contributed by atoms with Crippen molar-refractivity contribution in [2.24, 2.45) is 0 Å². The van der Waals surface area contributed by atoms with Crippen LogP contribution in [0.5, 0.6) is 0 Å². The van der Waals surface area contributed by atoms with E-state index in [2.05, 4.69) is 21.0 Å². The minimum atomic E-state index is -1.07. The Kier molecular flexibility index (Phi) is 3.30.